The first kappa shape index (κ1) is 20.0. The summed E-state index contributed by atoms with van der Waals surface area (Å²) in [6, 6.07) is 13.1. The van der Waals surface area contributed by atoms with Crippen LogP contribution in [0.25, 0.3) is 0 Å². The topological polar surface area (TPSA) is 38.3 Å². The molecule has 0 saturated carbocycles. The highest BCUT2D eigenvalue weighted by atomic mass is 35.5. The van der Waals surface area contributed by atoms with Crippen molar-refractivity contribution in [2.45, 2.75) is 25.7 Å². The second-order valence-corrected chi connectivity index (χ2v) is 7.53. The Morgan fingerprint density at radius 2 is 1.96 bits per heavy atom. The van der Waals surface area contributed by atoms with Gasteiger partial charge >= 0.3 is 0 Å². The summed E-state index contributed by atoms with van der Waals surface area (Å²) in [4.78, 5) is 12.1. The van der Waals surface area contributed by atoms with Crippen LogP contribution in [0.15, 0.2) is 42.5 Å². The molecule has 0 spiro atoms. The fraction of sp³-hybridized carbons (Fsp3) is 0.316. The number of benzene rings is 2. The number of thioether (sulfide) groups is 1. The van der Waals surface area contributed by atoms with Gasteiger partial charge in [0.2, 0.25) is 0 Å². The van der Waals surface area contributed by atoms with E-state index in [1.807, 2.05) is 37.3 Å². The Morgan fingerprint density at radius 1 is 1.20 bits per heavy atom. The molecule has 1 amide bonds. The quantitative estimate of drug-likeness (QED) is 0.628. The number of amides is 1. The third-order valence-electron chi connectivity index (χ3n) is 3.57. The fourth-order valence-corrected chi connectivity index (χ4v) is 3.40. The molecule has 0 aromatic heterocycles. The van der Waals surface area contributed by atoms with Crippen LogP contribution in [0.2, 0.25) is 10.0 Å². The van der Waals surface area contributed by atoms with Crippen LogP contribution in [0.4, 0.5) is 0 Å². The number of ether oxygens (including phenoxy) is 1. The lowest BCUT2D eigenvalue weighted by Gasteiger charge is -2.15. The van der Waals surface area contributed by atoms with Gasteiger partial charge in [0.25, 0.3) is 5.91 Å². The third kappa shape index (κ3) is 6.46. The number of carbonyl (C=O) groups excluding carboxylic acids is 1. The van der Waals surface area contributed by atoms with Gasteiger partial charge in [-0.25, -0.2) is 0 Å². The van der Waals surface area contributed by atoms with Crippen molar-refractivity contribution in [3.05, 3.63) is 63.6 Å². The molecular weight excluding hydrogens is 377 g/mol. The number of nitrogens with one attached hydrogen (secondary N) is 1. The summed E-state index contributed by atoms with van der Waals surface area (Å²) in [7, 11) is 0. The Bertz CT molecular complexity index is 724. The standard InChI is InChI=1S/C19H21Cl2NO2S/c1-13-11-16(7-8-17(13)20)24-14(2)19(23)22-9-10-25-12-15-5-3-4-6-18(15)21/h3-8,11,14H,9-10,12H2,1-2H3,(H,22,23). The van der Waals surface area contributed by atoms with Crippen LogP contribution in [-0.4, -0.2) is 24.3 Å². The van der Waals surface area contributed by atoms with E-state index in [9.17, 15) is 4.79 Å². The van der Waals surface area contributed by atoms with Gasteiger partial charge in [0.1, 0.15) is 5.75 Å². The van der Waals surface area contributed by atoms with Crippen LogP contribution in [0.5, 0.6) is 5.75 Å². The first-order valence-electron chi connectivity index (χ1n) is 7.99. The number of aryl methyl sites for hydroxylation is 1. The normalized spacial score (nSPS) is 11.8. The van der Waals surface area contributed by atoms with Crippen LogP contribution in [0, 0.1) is 6.92 Å². The average Bonchev–Trinajstić information content (AvgIpc) is 2.59. The Hall–Kier alpha value is -1.36. The highest BCUT2D eigenvalue weighted by molar-refractivity contribution is 7.98. The predicted octanol–water partition coefficient (Wildman–Crippen LogP) is 5.12. The SMILES string of the molecule is Cc1cc(OC(C)C(=O)NCCSCc2ccccc2Cl)ccc1Cl. The van der Waals surface area contributed by atoms with Crippen LogP contribution >= 0.6 is 35.0 Å². The number of halogens is 2. The van der Waals surface area contributed by atoms with Crippen molar-refractivity contribution >= 4 is 40.9 Å². The van der Waals surface area contributed by atoms with E-state index in [1.165, 1.54) is 0 Å². The lowest BCUT2D eigenvalue weighted by Crippen LogP contribution is -2.37. The minimum Gasteiger partial charge on any atom is -0.481 e. The summed E-state index contributed by atoms with van der Waals surface area (Å²) >= 11 is 13.8. The summed E-state index contributed by atoms with van der Waals surface area (Å²) in [5.41, 5.74) is 2.03. The van der Waals surface area contributed by atoms with Gasteiger partial charge in [0, 0.05) is 28.1 Å². The van der Waals surface area contributed by atoms with Gasteiger partial charge in [-0.3, -0.25) is 4.79 Å². The molecule has 0 fully saturated rings. The van der Waals surface area contributed by atoms with E-state index in [0.29, 0.717) is 17.3 Å². The van der Waals surface area contributed by atoms with Gasteiger partial charge in [-0.1, -0.05) is 41.4 Å². The van der Waals surface area contributed by atoms with E-state index in [0.717, 1.165) is 27.7 Å². The van der Waals surface area contributed by atoms with Crippen LogP contribution < -0.4 is 10.1 Å². The van der Waals surface area contributed by atoms with Gasteiger partial charge in [-0.05, 0) is 49.2 Å². The Kier molecular flexibility index (Phi) is 7.94. The molecule has 0 bridgehead atoms. The van der Waals surface area contributed by atoms with Gasteiger partial charge < -0.3 is 10.1 Å². The van der Waals surface area contributed by atoms with E-state index in [-0.39, 0.29) is 5.91 Å². The lowest BCUT2D eigenvalue weighted by atomic mass is 10.2. The molecule has 0 radical (unpaired) electrons. The van der Waals surface area contributed by atoms with E-state index >= 15 is 0 Å². The molecule has 1 atom stereocenters. The minimum absolute atomic E-state index is 0.133. The molecule has 0 aliphatic carbocycles. The Labute approximate surface area is 163 Å². The highest BCUT2D eigenvalue weighted by Crippen LogP contribution is 2.22. The number of carbonyl (C=O) groups is 1. The van der Waals surface area contributed by atoms with Gasteiger partial charge in [0.15, 0.2) is 6.10 Å². The predicted molar refractivity (Wildman–Crippen MR) is 107 cm³/mol. The van der Waals surface area contributed by atoms with Crippen molar-refractivity contribution in [1.82, 2.24) is 5.32 Å². The van der Waals surface area contributed by atoms with Crippen molar-refractivity contribution in [2.24, 2.45) is 0 Å². The van der Waals surface area contributed by atoms with Crippen molar-refractivity contribution in [3.63, 3.8) is 0 Å². The zero-order valence-electron chi connectivity index (χ0n) is 14.2. The van der Waals surface area contributed by atoms with Crippen molar-refractivity contribution in [1.29, 1.82) is 0 Å². The molecule has 25 heavy (non-hydrogen) atoms. The van der Waals surface area contributed by atoms with Gasteiger partial charge in [-0.15, -0.1) is 0 Å². The lowest BCUT2D eigenvalue weighted by molar-refractivity contribution is -0.127. The number of rotatable bonds is 8. The summed E-state index contributed by atoms with van der Waals surface area (Å²) in [5.74, 6) is 2.14. The molecule has 0 aliphatic heterocycles. The minimum atomic E-state index is -0.561. The van der Waals surface area contributed by atoms with E-state index in [4.69, 9.17) is 27.9 Å². The summed E-state index contributed by atoms with van der Waals surface area (Å²) in [6.45, 7) is 4.22. The molecule has 2 aromatic rings. The molecule has 0 saturated heterocycles. The molecule has 3 nitrogen and oxygen atoms in total. The number of hydrogen-bond acceptors (Lipinski definition) is 3. The third-order valence-corrected chi connectivity index (χ3v) is 5.37. The van der Waals surface area contributed by atoms with Crippen molar-refractivity contribution in [2.75, 3.05) is 12.3 Å². The molecule has 1 unspecified atom stereocenters. The smallest absolute Gasteiger partial charge is 0.260 e. The van der Waals surface area contributed by atoms with Crippen molar-refractivity contribution < 1.29 is 9.53 Å². The summed E-state index contributed by atoms with van der Waals surface area (Å²) in [6.07, 6.45) is -0.561. The van der Waals surface area contributed by atoms with E-state index < -0.39 is 6.10 Å². The average molecular weight is 398 g/mol. The zero-order valence-corrected chi connectivity index (χ0v) is 16.5. The molecule has 134 valence electrons. The molecule has 2 aromatic carbocycles. The largest absolute Gasteiger partial charge is 0.481 e. The molecule has 0 heterocycles. The van der Waals surface area contributed by atoms with E-state index in [2.05, 4.69) is 5.32 Å². The summed E-state index contributed by atoms with van der Waals surface area (Å²) in [5, 5.41) is 4.34. The van der Waals surface area contributed by atoms with E-state index in [1.54, 1.807) is 30.8 Å². The monoisotopic (exact) mass is 397 g/mol. The highest BCUT2D eigenvalue weighted by Gasteiger charge is 2.14. The summed E-state index contributed by atoms with van der Waals surface area (Å²) < 4.78 is 5.66. The Balaban J connectivity index is 1.69. The first-order chi connectivity index (χ1) is 12.0. The van der Waals surface area contributed by atoms with Crippen LogP contribution in [-0.2, 0) is 10.5 Å². The first-order valence-corrected chi connectivity index (χ1v) is 9.90. The second-order valence-electron chi connectivity index (χ2n) is 5.61. The van der Waals surface area contributed by atoms with Crippen LogP contribution in [0.3, 0.4) is 0 Å². The zero-order chi connectivity index (χ0) is 18.2. The molecular formula is C19H21Cl2NO2S. The van der Waals surface area contributed by atoms with Crippen LogP contribution in [0.1, 0.15) is 18.1 Å². The second kappa shape index (κ2) is 9.95. The van der Waals surface area contributed by atoms with Gasteiger partial charge in [0.05, 0.1) is 0 Å². The molecule has 1 N–H and O–H groups in total. The Morgan fingerprint density at radius 3 is 2.68 bits per heavy atom. The molecule has 2 rings (SSSR count). The maximum atomic E-state index is 12.1. The maximum absolute atomic E-state index is 12.1. The molecule has 6 heteroatoms. The molecule has 0 aliphatic rings. The van der Waals surface area contributed by atoms with Crippen molar-refractivity contribution in [3.8, 4) is 5.75 Å². The maximum Gasteiger partial charge on any atom is 0.260 e. The number of hydrogen-bond donors (Lipinski definition) is 1. The fourth-order valence-electron chi connectivity index (χ4n) is 2.14. The van der Waals surface area contributed by atoms with Gasteiger partial charge in [-0.2, -0.15) is 11.8 Å².